The molecule has 0 radical (unpaired) electrons. The number of hydrogen-bond acceptors (Lipinski definition) is 4. The molecule has 1 aromatic rings. The normalized spacial score (nSPS) is 11.4. The molecular formula is C9H15N3O. The second-order valence-corrected chi connectivity index (χ2v) is 3.59. The largest absolute Gasteiger partial charge is 0.394 e. The van der Waals surface area contributed by atoms with Gasteiger partial charge in [0.25, 0.3) is 0 Å². The van der Waals surface area contributed by atoms with Gasteiger partial charge in [-0.25, -0.2) is 4.98 Å². The van der Waals surface area contributed by atoms with Crippen LogP contribution in [-0.4, -0.2) is 34.3 Å². The molecule has 0 bridgehead atoms. The van der Waals surface area contributed by atoms with E-state index < -0.39 is 0 Å². The molecule has 0 saturated carbocycles. The molecule has 0 unspecified atom stereocenters. The lowest BCUT2D eigenvalue weighted by Crippen LogP contribution is -2.44. The van der Waals surface area contributed by atoms with Crippen LogP contribution in [0.2, 0.25) is 0 Å². The number of aliphatic hydroxyl groups is 1. The van der Waals surface area contributed by atoms with Gasteiger partial charge in [-0.1, -0.05) is 0 Å². The third-order valence-electron chi connectivity index (χ3n) is 2.19. The van der Waals surface area contributed by atoms with E-state index in [1.807, 2.05) is 25.8 Å². The Morgan fingerprint density at radius 1 is 1.46 bits per heavy atom. The van der Waals surface area contributed by atoms with E-state index in [0.717, 1.165) is 5.82 Å². The molecule has 1 aromatic heterocycles. The second kappa shape index (κ2) is 3.70. The van der Waals surface area contributed by atoms with Gasteiger partial charge < -0.3 is 10.0 Å². The number of aliphatic hydroxyl groups excluding tert-OH is 1. The SMILES string of the molecule is CN(c1cnccn1)C(C)(C)CO. The molecule has 0 amide bonds. The highest BCUT2D eigenvalue weighted by Crippen LogP contribution is 2.17. The number of hydrogen-bond donors (Lipinski definition) is 1. The van der Waals surface area contributed by atoms with Gasteiger partial charge >= 0.3 is 0 Å². The number of nitrogens with zero attached hydrogens (tertiary/aromatic N) is 3. The van der Waals surface area contributed by atoms with Gasteiger partial charge in [-0.15, -0.1) is 0 Å². The summed E-state index contributed by atoms with van der Waals surface area (Å²) < 4.78 is 0. The van der Waals surface area contributed by atoms with Gasteiger partial charge in [0.1, 0.15) is 5.82 Å². The maximum absolute atomic E-state index is 9.14. The van der Waals surface area contributed by atoms with Crippen molar-refractivity contribution in [3.8, 4) is 0 Å². The molecule has 4 heteroatoms. The highest BCUT2D eigenvalue weighted by molar-refractivity contribution is 5.37. The van der Waals surface area contributed by atoms with Crippen molar-refractivity contribution in [3.05, 3.63) is 18.6 Å². The Bertz CT molecular complexity index is 261. The van der Waals surface area contributed by atoms with Gasteiger partial charge in [-0.3, -0.25) is 4.98 Å². The quantitative estimate of drug-likeness (QED) is 0.745. The average molecular weight is 181 g/mol. The minimum absolute atomic E-state index is 0.0834. The molecular weight excluding hydrogens is 166 g/mol. The molecule has 72 valence electrons. The van der Waals surface area contributed by atoms with Crippen molar-refractivity contribution in [3.63, 3.8) is 0 Å². The standard InChI is InChI=1S/C9H15N3O/c1-9(2,7-13)12(3)8-6-10-4-5-11-8/h4-6,13H,7H2,1-3H3. The third kappa shape index (κ3) is 2.15. The van der Waals surface area contributed by atoms with Gasteiger partial charge in [0.2, 0.25) is 0 Å². The highest BCUT2D eigenvalue weighted by Gasteiger charge is 2.23. The predicted octanol–water partition coefficient (Wildman–Crippen LogP) is 0.684. The van der Waals surface area contributed by atoms with E-state index in [1.165, 1.54) is 0 Å². The first-order chi connectivity index (χ1) is 6.08. The van der Waals surface area contributed by atoms with Crippen LogP contribution < -0.4 is 4.90 Å². The minimum Gasteiger partial charge on any atom is -0.394 e. The first kappa shape index (κ1) is 9.92. The Labute approximate surface area is 78.2 Å². The van der Waals surface area contributed by atoms with Gasteiger partial charge in [0.05, 0.1) is 18.3 Å². The van der Waals surface area contributed by atoms with E-state index >= 15 is 0 Å². The van der Waals surface area contributed by atoms with Gasteiger partial charge in [-0.05, 0) is 13.8 Å². The summed E-state index contributed by atoms with van der Waals surface area (Å²) >= 11 is 0. The van der Waals surface area contributed by atoms with Crippen molar-refractivity contribution in [2.75, 3.05) is 18.6 Å². The van der Waals surface area contributed by atoms with Crippen LogP contribution in [-0.2, 0) is 0 Å². The Hall–Kier alpha value is -1.16. The van der Waals surface area contributed by atoms with Crippen LogP contribution in [0, 0.1) is 0 Å². The molecule has 1 heterocycles. The van der Waals surface area contributed by atoms with Gasteiger partial charge in [-0.2, -0.15) is 0 Å². The van der Waals surface area contributed by atoms with Crippen molar-refractivity contribution >= 4 is 5.82 Å². The van der Waals surface area contributed by atoms with E-state index in [4.69, 9.17) is 5.11 Å². The zero-order valence-electron chi connectivity index (χ0n) is 8.23. The molecule has 0 aliphatic heterocycles. The van der Waals surface area contributed by atoms with Crippen LogP contribution in [0.3, 0.4) is 0 Å². The van der Waals surface area contributed by atoms with E-state index in [0.29, 0.717) is 0 Å². The minimum atomic E-state index is -0.309. The number of anilines is 1. The van der Waals surface area contributed by atoms with Crippen molar-refractivity contribution < 1.29 is 5.11 Å². The highest BCUT2D eigenvalue weighted by atomic mass is 16.3. The summed E-state index contributed by atoms with van der Waals surface area (Å²) in [5, 5.41) is 9.14. The molecule has 0 aliphatic rings. The zero-order valence-corrected chi connectivity index (χ0v) is 8.23. The first-order valence-corrected chi connectivity index (χ1v) is 4.18. The molecule has 0 spiro atoms. The van der Waals surface area contributed by atoms with Crippen LogP contribution in [0.25, 0.3) is 0 Å². The van der Waals surface area contributed by atoms with E-state index in [9.17, 15) is 0 Å². The van der Waals surface area contributed by atoms with Crippen LogP contribution >= 0.6 is 0 Å². The fourth-order valence-corrected chi connectivity index (χ4v) is 0.881. The van der Waals surface area contributed by atoms with Crippen LogP contribution in [0.15, 0.2) is 18.6 Å². The molecule has 4 nitrogen and oxygen atoms in total. The molecule has 1 rings (SSSR count). The fourth-order valence-electron chi connectivity index (χ4n) is 0.881. The lowest BCUT2D eigenvalue weighted by atomic mass is 10.1. The van der Waals surface area contributed by atoms with Gasteiger partial charge in [0, 0.05) is 19.4 Å². The Morgan fingerprint density at radius 2 is 2.15 bits per heavy atom. The lowest BCUT2D eigenvalue weighted by molar-refractivity contribution is 0.215. The van der Waals surface area contributed by atoms with Crippen molar-refractivity contribution in [2.24, 2.45) is 0 Å². The number of aromatic nitrogens is 2. The van der Waals surface area contributed by atoms with Crippen molar-refractivity contribution in [1.82, 2.24) is 9.97 Å². The summed E-state index contributed by atoms with van der Waals surface area (Å²) in [6.45, 7) is 3.98. The molecule has 0 atom stereocenters. The van der Waals surface area contributed by atoms with E-state index in [2.05, 4.69) is 9.97 Å². The van der Waals surface area contributed by atoms with Crippen LogP contribution in [0.5, 0.6) is 0 Å². The molecule has 0 aromatic carbocycles. The van der Waals surface area contributed by atoms with E-state index in [1.54, 1.807) is 18.6 Å². The van der Waals surface area contributed by atoms with Crippen LogP contribution in [0.1, 0.15) is 13.8 Å². The summed E-state index contributed by atoms with van der Waals surface area (Å²) in [6, 6.07) is 0. The zero-order chi connectivity index (χ0) is 9.90. The predicted molar refractivity (Wildman–Crippen MR) is 51.6 cm³/mol. The number of likely N-dealkylation sites (N-methyl/N-ethyl adjacent to an activating group) is 1. The topological polar surface area (TPSA) is 49.2 Å². The second-order valence-electron chi connectivity index (χ2n) is 3.59. The fraction of sp³-hybridized carbons (Fsp3) is 0.556. The monoisotopic (exact) mass is 181 g/mol. The summed E-state index contributed by atoms with van der Waals surface area (Å²) in [5.41, 5.74) is -0.309. The van der Waals surface area contributed by atoms with Crippen LogP contribution in [0.4, 0.5) is 5.82 Å². The smallest absolute Gasteiger partial charge is 0.147 e. The summed E-state index contributed by atoms with van der Waals surface area (Å²) in [7, 11) is 1.89. The summed E-state index contributed by atoms with van der Waals surface area (Å²) in [4.78, 5) is 10.0. The Morgan fingerprint density at radius 3 is 2.62 bits per heavy atom. The lowest BCUT2D eigenvalue weighted by Gasteiger charge is -2.34. The average Bonchev–Trinajstić information content (AvgIpc) is 2.18. The number of rotatable bonds is 3. The third-order valence-corrected chi connectivity index (χ3v) is 2.19. The molecule has 0 saturated heterocycles. The maximum Gasteiger partial charge on any atom is 0.147 e. The molecule has 0 fully saturated rings. The molecule has 13 heavy (non-hydrogen) atoms. The van der Waals surface area contributed by atoms with Gasteiger partial charge in [0.15, 0.2) is 0 Å². The Balaban J connectivity index is 2.85. The summed E-state index contributed by atoms with van der Waals surface area (Å²) in [5.74, 6) is 0.765. The maximum atomic E-state index is 9.14. The Kier molecular flexibility index (Phi) is 2.83. The first-order valence-electron chi connectivity index (χ1n) is 4.18. The van der Waals surface area contributed by atoms with Crippen molar-refractivity contribution in [2.45, 2.75) is 19.4 Å². The van der Waals surface area contributed by atoms with Crippen molar-refractivity contribution in [1.29, 1.82) is 0 Å². The summed E-state index contributed by atoms with van der Waals surface area (Å²) in [6.07, 6.45) is 4.94. The molecule has 1 N–H and O–H groups in total. The molecule has 0 aliphatic carbocycles. The van der Waals surface area contributed by atoms with E-state index in [-0.39, 0.29) is 12.1 Å².